The van der Waals surface area contributed by atoms with Crippen LogP contribution in [0.2, 0.25) is 0 Å². The number of pyridine rings is 2. The molecule has 0 bridgehead atoms. The van der Waals surface area contributed by atoms with Crippen molar-refractivity contribution in [3.8, 4) is 0 Å². The Labute approximate surface area is 164 Å². The van der Waals surface area contributed by atoms with E-state index in [4.69, 9.17) is 0 Å². The Kier molecular flexibility index (Phi) is 4.85. The summed E-state index contributed by atoms with van der Waals surface area (Å²) in [4.78, 5) is 23.8. The van der Waals surface area contributed by atoms with E-state index in [9.17, 15) is 13.2 Å². The van der Waals surface area contributed by atoms with E-state index in [1.54, 1.807) is 29.4 Å². The third-order valence-electron chi connectivity index (χ3n) is 5.24. The minimum absolute atomic E-state index is 0.0236. The number of fused-ring (bicyclic) bond motifs is 1. The molecule has 28 heavy (non-hydrogen) atoms. The van der Waals surface area contributed by atoms with Crippen LogP contribution in [0.15, 0.2) is 59.8 Å². The van der Waals surface area contributed by atoms with Gasteiger partial charge < -0.3 is 4.90 Å². The monoisotopic (exact) mass is 395 g/mol. The van der Waals surface area contributed by atoms with E-state index in [1.807, 2.05) is 30.3 Å². The van der Waals surface area contributed by atoms with Crippen molar-refractivity contribution in [2.45, 2.75) is 23.7 Å². The minimum atomic E-state index is -3.33. The number of likely N-dealkylation sites (tertiary alicyclic amines) is 1. The summed E-state index contributed by atoms with van der Waals surface area (Å²) in [5, 5.41) is 1.84. The van der Waals surface area contributed by atoms with Gasteiger partial charge in [-0.2, -0.15) is 0 Å². The van der Waals surface area contributed by atoms with Gasteiger partial charge in [-0.15, -0.1) is 0 Å². The molecular weight excluding hydrogens is 374 g/mol. The minimum Gasteiger partial charge on any atom is -0.337 e. The van der Waals surface area contributed by atoms with Crippen molar-refractivity contribution in [3.63, 3.8) is 0 Å². The Bertz CT molecular complexity index is 1130. The van der Waals surface area contributed by atoms with E-state index in [2.05, 4.69) is 9.97 Å². The number of benzene rings is 1. The van der Waals surface area contributed by atoms with Crippen LogP contribution in [0.1, 0.15) is 34.9 Å². The molecular formula is C21H21N3O3S. The highest BCUT2D eigenvalue weighted by Crippen LogP contribution is 2.31. The van der Waals surface area contributed by atoms with Crippen LogP contribution >= 0.6 is 0 Å². The number of rotatable bonds is 3. The molecule has 6 nitrogen and oxygen atoms in total. The van der Waals surface area contributed by atoms with Crippen molar-refractivity contribution in [1.29, 1.82) is 0 Å². The summed E-state index contributed by atoms with van der Waals surface area (Å²) in [6.45, 7) is 1.10. The molecule has 2 aromatic heterocycles. The molecule has 0 radical (unpaired) electrons. The highest BCUT2D eigenvalue weighted by Gasteiger charge is 2.29. The van der Waals surface area contributed by atoms with E-state index in [1.165, 1.54) is 6.26 Å². The van der Waals surface area contributed by atoms with E-state index in [0.29, 0.717) is 37.3 Å². The summed E-state index contributed by atoms with van der Waals surface area (Å²) >= 11 is 0. The standard InChI is InChI=1S/C21H21N3O3S/c1-28(26,27)18-7-4-11-22-19(18)16-9-13-24(14-10-16)21(25)20-17-6-3-2-5-15(17)8-12-23-20/h2-8,11-12,16H,9-10,13-14H2,1H3. The zero-order valence-electron chi connectivity index (χ0n) is 15.6. The molecule has 4 rings (SSSR count). The molecule has 144 valence electrons. The van der Waals surface area contributed by atoms with Crippen LogP contribution in [0.3, 0.4) is 0 Å². The quantitative estimate of drug-likeness (QED) is 0.681. The molecule has 1 aliphatic heterocycles. The van der Waals surface area contributed by atoms with Crippen molar-refractivity contribution < 1.29 is 13.2 Å². The number of amides is 1. The van der Waals surface area contributed by atoms with Gasteiger partial charge in [0, 0.05) is 43.0 Å². The van der Waals surface area contributed by atoms with Gasteiger partial charge >= 0.3 is 0 Å². The van der Waals surface area contributed by atoms with Gasteiger partial charge in [0.2, 0.25) is 0 Å². The zero-order valence-corrected chi connectivity index (χ0v) is 16.4. The van der Waals surface area contributed by atoms with Gasteiger partial charge in [-0.3, -0.25) is 14.8 Å². The zero-order chi connectivity index (χ0) is 19.7. The first-order valence-corrected chi connectivity index (χ1v) is 11.1. The van der Waals surface area contributed by atoms with E-state index in [-0.39, 0.29) is 16.7 Å². The molecule has 1 fully saturated rings. The van der Waals surface area contributed by atoms with Crippen LogP contribution in [0.5, 0.6) is 0 Å². The van der Waals surface area contributed by atoms with Crippen molar-refractivity contribution in [1.82, 2.24) is 14.9 Å². The molecule has 1 aromatic carbocycles. The number of aromatic nitrogens is 2. The van der Waals surface area contributed by atoms with Crippen molar-refractivity contribution in [2.75, 3.05) is 19.3 Å². The highest BCUT2D eigenvalue weighted by atomic mass is 32.2. The molecule has 1 amide bonds. The number of carbonyl (C=O) groups is 1. The lowest BCUT2D eigenvalue weighted by Gasteiger charge is -2.32. The second-order valence-corrected chi connectivity index (χ2v) is 9.09. The Morgan fingerprint density at radius 1 is 1.00 bits per heavy atom. The van der Waals surface area contributed by atoms with Crippen molar-refractivity contribution in [2.24, 2.45) is 0 Å². The first kappa shape index (κ1) is 18.6. The SMILES string of the molecule is CS(=O)(=O)c1cccnc1C1CCN(C(=O)c2nccc3ccccc23)CC1. The van der Waals surface area contributed by atoms with Gasteiger partial charge in [-0.1, -0.05) is 24.3 Å². The lowest BCUT2D eigenvalue weighted by molar-refractivity contribution is 0.0707. The average molecular weight is 395 g/mol. The third kappa shape index (κ3) is 3.49. The highest BCUT2D eigenvalue weighted by molar-refractivity contribution is 7.90. The van der Waals surface area contributed by atoms with Crippen LogP contribution in [0.25, 0.3) is 10.8 Å². The first-order chi connectivity index (χ1) is 13.4. The fourth-order valence-electron chi connectivity index (χ4n) is 3.82. The summed E-state index contributed by atoms with van der Waals surface area (Å²) in [6, 6.07) is 12.9. The van der Waals surface area contributed by atoms with Gasteiger partial charge in [-0.25, -0.2) is 8.42 Å². The van der Waals surface area contributed by atoms with Crippen LogP contribution in [0, 0.1) is 0 Å². The normalized spacial score (nSPS) is 15.7. The average Bonchev–Trinajstić information content (AvgIpc) is 2.72. The maximum Gasteiger partial charge on any atom is 0.273 e. The second kappa shape index (κ2) is 7.31. The number of carbonyl (C=O) groups excluding carboxylic acids is 1. The molecule has 1 saturated heterocycles. The summed E-state index contributed by atoms with van der Waals surface area (Å²) in [5.74, 6) is -0.0601. The Hall–Kier alpha value is -2.80. The number of hydrogen-bond acceptors (Lipinski definition) is 5. The molecule has 7 heteroatoms. The molecule has 0 unspecified atom stereocenters. The second-order valence-electron chi connectivity index (χ2n) is 7.11. The lowest BCUT2D eigenvalue weighted by Crippen LogP contribution is -2.38. The molecule has 0 spiro atoms. The van der Waals surface area contributed by atoms with Crippen LogP contribution in [-0.2, 0) is 9.84 Å². The summed E-state index contributed by atoms with van der Waals surface area (Å²) < 4.78 is 24.1. The Balaban J connectivity index is 1.54. The van der Waals surface area contributed by atoms with Gasteiger partial charge in [0.05, 0.1) is 10.6 Å². The maximum atomic E-state index is 13.0. The lowest BCUT2D eigenvalue weighted by atomic mass is 9.92. The van der Waals surface area contributed by atoms with Crippen LogP contribution in [0.4, 0.5) is 0 Å². The van der Waals surface area contributed by atoms with Gasteiger partial charge in [0.25, 0.3) is 5.91 Å². The predicted molar refractivity (Wildman–Crippen MR) is 107 cm³/mol. The molecule has 3 heterocycles. The number of piperidine rings is 1. The first-order valence-electron chi connectivity index (χ1n) is 9.23. The molecule has 0 atom stereocenters. The summed E-state index contributed by atoms with van der Waals surface area (Å²) in [6.07, 6.45) is 5.85. The van der Waals surface area contributed by atoms with Gasteiger partial charge in [0.15, 0.2) is 9.84 Å². The van der Waals surface area contributed by atoms with Crippen molar-refractivity contribution in [3.05, 3.63) is 66.2 Å². The maximum absolute atomic E-state index is 13.0. The third-order valence-corrected chi connectivity index (χ3v) is 6.39. The fourth-order valence-corrected chi connectivity index (χ4v) is 4.74. The predicted octanol–water partition coefficient (Wildman–Crippen LogP) is 3.05. The van der Waals surface area contributed by atoms with Crippen molar-refractivity contribution >= 4 is 26.5 Å². The van der Waals surface area contributed by atoms with E-state index in [0.717, 1.165) is 10.8 Å². The largest absolute Gasteiger partial charge is 0.337 e. The van der Waals surface area contributed by atoms with Crippen LogP contribution in [-0.4, -0.2) is 48.5 Å². The summed E-state index contributed by atoms with van der Waals surface area (Å²) in [5.41, 5.74) is 1.08. The van der Waals surface area contributed by atoms with E-state index < -0.39 is 9.84 Å². The van der Waals surface area contributed by atoms with Gasteiger partial charge in [-0.05, 0) is 36.4 Å². The van der Waals surface area contributed by atoms with Crippen LogP contribution < -0.4 is 0 Å². The number of sulfone groups is 1. The Morgan fingerprint density at radius 2 is 1.75 bits per heavy atom. The molecule has 0 N–H and O–H groups in total. The fraction of sp³-hybridized carbons (Fsp3) is 0.286. The Morgan fingerprint density at radius 3 is 2.50 bits per heavy atom. The molecule has 0 saturated carbocycles. The molecule has 3 aromatic rings. The van der Waals surface area contributed by atoms with E-state index >= 15 is 0 Å². The smallest absolute Gasteiger partial charge is 0.273 e. The number of nitrogens with zero attached hydrogens (tertiary/aromatic N) is 3. The molecule has 0 aliphatic carbocycles. The topological polar surface area (TPSA) is 80.2 Å². The van der Waals surface area contributed by atoms with Gasteiger partial charge in [0.1, 0.15) is 5.69 Å². The summed E-state index contributed by atoms with van der Waals surface area (Å²) in [7, 11) is -3.33. The molecule has 1 aliphatic rings. The number of hydrogen-bond donors (Lipinski definition) is 0.